The molecular formula is C8H8FNO2. The molecule has 0 aliphatic rings. The molecule has 1 aromatic rings. The Bertz CT molecular complexity index is 263. The van der Waals surface area contributed by atoms with Crippen LogP contribution < -0.4 is 5.48 Å². The van der Waals surface area contributed by atoms with Crippen molar-refractivity contribution in [3.05, 3.63) is 35.9 Å². The van der Waals surface area contributed by atoms with E-state index in [1.807, 2.05) is 0 Å². The first-order valence-electron chi connectivity index (χ1n) is 3.38. The van der Waals surface area contributed by atoms with E-state index in [1.54, 1.807) is 18.2 Å². The molecule has 0 aliphatic carbocycles. The maximum absolute atomic E-state index is 13.0. The van der Waals surface area contributed by atoms with Crippen molar-refractivity contribution in [2.45, 2.75) is 6.17 Å². The van der Waals surface area contributed by atoms with Gasteiger partial charge in [-0.1, -0.05) is 30.3 Å². The summed E-state index contributed by atoms with van der Waals surface area (Å²) in [5, 5.41) is 8.13. The molecule has 0 fully saturated rings. The SMILES string of the molecule is O=C(NO)C(F)c1ccccc1. The number of carbonyl (C=O) groups is 1. The van der Waals surface area contributed by atoms with Gasteiger partial charge in [0.1, 0.15) is 0 Å². The Hall–Kier alpha value is -1.42. The molecule has 1 amide bonds. The average Bonchev–Trinajstić information content (AvgIpc) is 2.17. The molecule has 0 aromatic heterocycles. The van der Waals surface area contributed by atoms with Gasteiger partial charge in [-0.2, -0.15) is 0 Å². The fourth-order valence-electron chi connectivity index (χ4n) is 0.830. The van der Waals surface area contributed by atoms with Gasteiger partial charge in [0.05, 0.1) is 0 Å². The fraction of sp³-hybridized carbons (Fsp3) is 0.125. The summed E-state index contributed by atoms with van der Waals surface area (Å²) in [6.07, 6.45) is -1.81. The minimum Gasteiger partial charge on any atom is -0.289 e. The van der Waals surface area contributed by atoms with Gasteiger partial charge in [-0.05, 0) is 5.56 Å². The minimum absolute atomic E-state index is 0.226. The number of alkyl halides is 1. The summed E-state index contributed by atoms with van der Waals surface area (Å²) in [7, 11) is 0. The van der Waals surface area contributed by atoms with Gasteiger partial charge < -0.3 is 0 Å². The molecule has 0 saturated carbocycles. The Morgan fingerprint density at radius 2 is 2.00 bits per heavy atom. The lowest BCUT2D eigenvalue weighted by atomic mass is 10.1. The third-order valence-electron chi connectivity index (χ3n) is 1.43. The van der Waals surface area contributed by atoms with Crippen molar-refractivity contribution in [2.24, 2.45) is 0 Å². The standard InChI is InChI=1S/C8H8FNO2/c9-7(8(11)10-12)6-4-2-1-3-5-6/h1-5,7,12H,(H,10,11). The minimum atomic E-state index is -1.81. The molecule has 12 heavy (non-hydrogen) atoms. The topological polar surface area (TPSA) is 49.3 Å². The lowest BCUT2D eigenvalue weighted by molar-refractivity contribution is -0.134. The molecular weight excluding hydrogens is 161 g/mol. The predicted molar refractivity (Wildman–Crippen MR) is 40.2 cm³/mol. The number of nitrogens with one attached hydrogen (secondary N) is 1. The van der Waals surface area contributed by atoms with Gasteiger partial charge in [0.2, 0.25) is 6.17 Å². The number of rotatable bonds is 2. The number of carbonyl (C=O) groups excluding carboxylic acids is 1. The van der Waals surface area contributed by atoms with E-state index >= 15 is 0 Å². The Morgan fingerprint density at radius 3 is 2.50 bits per heavy atom. The van der Waals surface area contributed by atoms with Crippen LogP contribution in [0.3, 0.4) is 0 Å². The summed E-state index contributed by atoms with van der Waals surface area (Å²) in [5.74, 6) is -1.05. The van der Waals surface area contributed by atoms with Crippen molar-refractivity contribution in [3.63, 3.8) is 0 Å². The van der Waals surface area contributed by atoms with Crippen LogP contribution in [0.25, 0.3) is 0 Å². The van der Waals surface area contributed by atoms with Gasteiger partial charge in [-0.3, -0.25) is 10.0 Å². The van der Waals surface area contributed by atoms with E-state index in [-0.39, 0.29) is 5.56 Å². The van der Waals surface area contributed by atoms with Crippen LogP contribution in [0.2, 0.25) is 0 Å². The van der Waals surface area contributed by atoms with E-state index in [4.69, 9.17) is 5.21 Å². The van der Waals surface area contributed by atoms with E-state index < -0.39 is 12.1 Å². The van der Waals surface area contributed by atoms with Gasteiger partial charge in [0.15, 0.2) is 0 Å². The van der Waals surface area contributed by atoms with Crippen LogP contribution in [0, 0.1) is 0 Å². The lowest BCUT2D eigenvalue weighted by Crippen LogP contribution is -2.23. The number of hydrogen-bond acceptors (Lipinski definition) is 2. The molecule has 64 valence electrons. The van der Waals surface area contributed by atoms with Gasteiger partial charge >= 0.3 is 0 Å². The number of halogens is 1. The second-order valence-corrected chi connectivity index (χ2v) is 2.25. The predicted octanol–water partition coefficient (Wildman–Crippen LogP) is 1.20. The third-order valence-corrected chi connectivity index (χ3v) is 1.43. The Labute approximate surface area is 68.8 Å². The molecule has 1 rings (SSSR count). The number of hydrogen-bond donors (Lipinski definition) is 2. The van der Waals surface area contributed by atoms with E-state index in [0.29, 0.717) is 0 Å². The van der Waals surface area contributed by atoms with E-state index in [9.17, 15) is 9.18 Å². The quantitative estimate of drug-likeness (QED) is 0.516. The molecule has 4 heteroatoms. The second kappa shape index (κ2) is 3.82. The smallest absolute Gasteiger partial charge is 0.282 e. The molecule has 0 aliphatic heterocycles. The summed E-state index contributed by atoms with van der Waals surface area (Å²) in [6, 6.07) is 7.89. The summed E-state index contributed by atoms with van der Waals surface area (Å²) in [6.45, 7) is 0. The highest BCUT2D eigenvalue weighted by Gasteiger charge is 2.17. The highest BCUT2D eigenvalue weighted by molar-refractivity contribution is 5.80. The highest BCUT2D eigenvalue weighted by atomic mass is 19.1. The monoisotopic (exact) mass is 169 g/mol. The van der Waals surface area contributed by atoms with Gasteiger partial charge in [-0.25, -0.2) is 9.87 Å². The molecule has 3 nitrogen and oxygen atoms in total. The summed E-state index contributed by atoms with van der Waals surface area (Å²) >= 11 is 0. The van der Waals surface area contributed by atoms with Crippen molar-refractivity contribution in [1.29, 1.82) is 0 Å². The first-order chi connectivity index (χ1) is 5.75. The van der Waals surface area contributed by atoms with Gasteiger partial charge in [0.25, 0.3) is 5.91 Å². The average molecular weight is 169 g/mol. The third kappa shape index (κ3) is 1.79. The van der Waals surface area contributed by atoms with Crippen LogP contribution in [-0.2, 0) is 4.79 Å². The fourth-order valence-corrected chi connectivity index (χ4v) is 0.830. The van der Waals surface area contributed by atoms with E-state index in [1.165, 1.54) is 17.6 Å². The van der Waals surface area contributed by atoms with Gasteiger partial charge in [0, 0.05) is 0 Å². The van der Waals surface area contributed by atoms with Crippen LogP contribution in [0.4, 0.5) is 4.39 Å². The van der Waals surface area contributed by atoms with Crippen molar-refractivity contribution < 1.29 is 14.4 Å². The Balaban J connectivity index is 2.78. The van der Waals surface area contributed by atoms with Gasteiger partial charge in [-0.15, -0.1) is 0 Å². The van der Waals surface area contributed by atoms with Crippen LogP contribution in [-0.4, -0.2) is 11.1 Å². The van der Waals surface area contributed by atoms with Crippen molar-refractivity contribution in [3.8, 4) is 0 Å². The van der Waals surface area contributed by atoms with Crippen molar-refractivity contribution in [2.75, 3.05) is 0 Å². The van der Waals surface area contributed by atoms with E-state index in [2.05, 4.69) is 0 Å². The summed E-state index contributed by atoms with van der Waals surface area (Å²) < 4.78 is 13.0. The molecule has 0 heterocycles. The molecule has 0 radical (unpaired) electrons. The first kappa shape index (κ1) is 8.67. The number of hydroxylamine groups is 1. The Morgan fingerprint density at radius 1 is 1.42 bits per heavy atom. The molecule has 1 unspecified atom stereocenters. The highest BCUT2D eigenvalue weighted by Crippen LogP contribution is 2.15. The largest absolute Gasteiger partial charge is 0.289 e. The van der Waals surface area contributed by atoms with Crippen molar-refractivity contribution in [1.82, 2.24) is 5.48 Å². The zero-order valence-electron chi connectivity index (χ0n) is 6.20. The maximum Gasteiger partial charge on any atom is 0.282 e. The number of amides is 1. The maximum atomic E-state index is 13.0. The van der Waals surface area contributed by atoms with Crippen LogP contribution >= 0.6 is 0 Å². The molecule has 1 aromatic carbocycles. The number of benzene rings is 1. The second-order valence-electron chi connectivity index (χ2n) is 2.25. The normalized spacial score (nSPS) is 12.2. The summed E-state index contributed by atoms with van der Waals surface area (Å²) in [5.41, 5.74) is 1.48. The summed E-state index contributed by atoms with van der Waals surface area (Å²) in [4.78, 5) is 10.6. The zero-order valence-corrected chi connectivity index (χ0v) is 6.20. The Kier molecular flexibility index (Phi) is 2.76. The molecule has 0 spiro atoms. The lowest BCUT2D eigenvalue weighted by Gasteiger charge is -2.04. The van der Waals surface area contributed by atoms with E-state index in [0.717, 1.165) is 0 Å². The first-order valence-corrected chi connectivity index (χ1v) is 3.38. The van der Waals surface area contributed by atoms with Crippen LogP contribution in [0.1, 0.15) is 11.7 Å². The molecule has 0 saturated heterocycles. The zero-order chi connectivity index (χ0) is 8.97. The van der Waals surface area contributed by atoms with Crippen LogP contribution in [0.15, 0.2) is 30.3 Å². The molecule has 1 atom stereocenters. The molecule has 2 N–H and O–H groups in total. The molecule has 0 bridgehead atoms. The van der Waals surface area contributed by atoms with Crippen LogP contribution in [0.5, 0.6) is 0 Å². The van der Waals surface area contributed by atoms with Crippen molar-refractivity contribution >= 4 is 5.91 Å².